The van der Waals surface area contributed by atoms with Crippen molar-refractivity contribution in [1.29, 1.82) is 0 Å². The highest BCUT2D eigenvalue weighted by Crippen LogP contribution is 2.34. The van der Waals surface area contributed by atoms with Gasteiger partial charge in [0.05, 0.1) is 5.56 Å². The molecular weight excluding hydrogens is 393 g/mol. The van der Waals surface area contributed by atoms with Gasteiger partial charge < -0.3 is 9.29 Å². The highest BCUT2D eigenvalue weighted by Gasteiger charge is 2.34. The lowest BCUT2D eigenvalue weighted by atomic mass is 10.0. The third-order valence-corrected chi connectivity index (χ3v) is 4.77. The molecule has 2 N–H and O–H groups in total. The normalized spacial score (nSPS) is 14.8. The Labute approximate surface area is 166 Å². The summed E-state index contributed by atoms with van der Waals surface area (Å²) in [6.45, 7) is 9.99. The predicted molar refractivity (Wildman–Crippen MR) is 104 cm³/mol. The average molecular weight is 418 g/mol. The molecule has 0 heterocycles. The molecule has 156 valence electrons. The summed E-state index contributed by atoms with van der Waals surface area (Å²) in [4.78, 5) is 11.9. The van der Waals surface area contributed by atoms with E-state index in [1.54, 1.807) is 41.5 Å². The first-order chi connectivity index (χ1) is 12.5. The van der Waals surface area contributed by atoms with Crippen molar-refractivity contribution in [3.8, 4) is 12.3 Å². The Morgan fingerprint density at radius 2 is 1.75 bits per heavy atom. The number of ether oxygens (including phenoxy) is 1. The zero-order valence-electron chi connectivity index (χ0n) is 16.7. The fourth-order valence-corrected chi connectivity index (χ4v) is 2.73. The van der Waals surface area contributed by atoms with Crippen LogP contribution in [0.1, 0.15) is 58.7 Å². The first kappa shape index (κ1) is 24.1. The van der Waals surface area contributed by atoms with Gasteiger partial charge in [0.1, 0.15) is 16.4 Å². The number of hydrogen-bond donors (Lipinski definition) is 2. The molecular formula is C19H25F3N2O3S. The third-order valence-electron chi connectivity index (χ3n) is 3.21. The van der Waals surface area contributed by atoms with Gasteiger partial charge in [-0.05, 0) is 65.3 Å². The molecule has 0 bridgehead atoms. The summed E-state index contributed by atoms with van der Waals surface area (Å²) in [6, 6.07) is 1.87. The van der Waals surface area contributed by atoms with Gasteiger partial charge in [-0.15, -0.1) is 11.1 Å². The van der Waals surface area contributed by atoms with E-state index in [4.69, 9.17) is 11.2 Å². The number of nitrogens with one attached hydrogen (secondary N) is 2. The van der Waals surface area contributed by atoms with E-state index in [-0.39, 0.29) is 11.3 Å². The molecule has 28 heavy (non-hydrogen) atoms. The molecule has 0 saturated heterocycles. The fourth-order valence-electron chi connectivity index (χ4n) is 1.96. The van der Waals surface area contributed by atoms with Gasteiger partial charge in [0.25, 0.3) is 0 Å². The van der Waals surface area contributed by atoms with Gasteiger partial charge in [0.15, 0.2) is 0 Å². The second kappa shape index (κ2) is 8.64. The summed E-state index contributed by atoms with van der Waals surface area (Å²) >= 11 is -1.61. The summed E-state index contributed by atoms with van der Waals surface area (Å²) < 4.78 is 59.2. The van der Waals surface area contributed by atoms with Crippen molar-refractivity contribution in [2.45, 2.75) is 64.1 Å². The Bertz CT molecular complexity index is 747. The van der Waals surface area contributed by atoms with Gasteiger partial charge in [-0.1, -0.05) is 5.92 Å². The van der Waals surface area contributed by atoms with Crippen LogP contribution >= 0.6 is 0 Å². The van der Waals surface area contributed by atoms with Crippen LogP contribution in [0.4, 0.5) is 23.7 Å². The molecule has 0 aliphatic heterocycles. The summed E-state index contributed by atoms with van der Waals surface area (Å²) in [6.07, 6.45) is -0.116. The van der Waals surface area contributed by atoms with Gasteiger partial charge in [0.2, 0.25) is 0 Å². The van der Waals surface area contributed by atoms with Crippen molar-refractivity contribution >= 4 is 23.1 Å². The molecule has 1 rings (SSSR count). The second-order valence-corrected chi connectivity index (χ2v) is 10.1. The maximum Gasteiger partial charge on any atom is 0.416 e. The molecule has 0 saturated carbocycles. The third kappa shape index (κ3) is 7.62. The minimum Gasteiger partial charge on any atom is -0.598 e. The Kier molecular flexibility index (Phi) is 7.45. The van der Waals surface area contributed by atoms with Gasteiger partial charge in [0, 0.05) is 17.0 Å². The maximum atomic E-state index is 13.3. The second-order valence-electron chi connectivity index (χ2n) is 8.07. The minimum absolute atomic E-state index is 0.0426. The van der Waals surface area contributed by atoms with E-state index in [0.29, 0.717) is 0 Å². The number of alkyl halides is 3. The molecule has 0 fully saturated rings. The lowest BCUT2D eigenvalue weighted by Gasteiger charge is -2.26. The van der Waals surface area contributed by atoms with Crippen LogP contribution in [0.2, 0.25) is 0 Å². The van der Waals surface area contributed by atoms with E-state index in [9.17, 15) is 22.5 Å². The van der Waals surface area contributed by atoms with E-state index in [2.05, 4.69) is 16.0 Å². The molecule has 1 aromatic rings. The van der Waals surface area contributed by atoms with Crippen molar-refractivity contribution in [2.24, 2.45) is 0 Å². The van der Waals surface area contributed by atoms with Crippen LogP contribution in [0.5, 0.6) is 0 Å². The Morgan fingerprint density at radius 1 is 1.18 bits per heavy atom. The molecule has 0 aromatic heterocycles. The number of carbonyl (C=O) groups is 1. The Balaban J connectivity index is 3.27. The van der Waals surface area contributed by atoms with Crippen LogP contribution in [-0.4, -0.2) is 21.0 Å². The SMILES string of the molecule is C#C[C@@H](N[S@@+]([O-])C(C)(C)C)c1cc(NC(=O)OC(C)(C)C)cc(C(F)(F)F)c1. The number of amides is 1. The Hall–Kier alpha value is -1.89. The van der Waals surface area contributed by atoms with Crippen molar-refractivity contribution in [3.63, 3.8) is 0 Å². The van der Waals surface area contributed by atoms with Crippen LogP contribution in [-0.2, 0) is 22.3 Å². The van der Waals surface area contributed by atoms with Crippen molar-refractivity contribution in [2.75, 3.05) is 5.32 Å². The zero-order valence-corrected chi connectivity index (χ0v) is 17.5. The molecule has 0 spiro atoms. The molecule has 0 radical (unpaired) electrons. The molecule has 0 unspecified atom stereocenters. The predicted octanol–water partition coefficient (Wildman–Crippen LogP) is 4.78. The summed E-state index contributed by atoms with van der Waals surface area (Å²) in [7, 11) is 0. The number of hydrogen-bond acceptors (Lipinski definition) is 4. The van der Waals surface area contributed by atoms with E-state index >= 15 is 0 Å². The van der Waals surface area contributed by atoms with Crippen molar-refractivity contribution in [1.82, 2.24) is 4.72 Å². The molecule has 1 aromatic carbocycles. The quantitative estimate of drug-likeness (QED) is 0.545. The van der Waals surface area contributed by atoms with Crippen LogP contribution in [0.15, 0.2) is 18.2 Å². The number of carbonyl (C=O) groups excluding carboxylic acids is 1. The van der Waals surface area contributed by atoms with Crippen LogP contribution in [0.3, 0.4) is 0 Å². The maximum absolute atomic E-state index is 13.3. The highest BCUT2D eigenvalue weighted by atomic mass is 32.2. The number of terminal acetylenes is 1. The van der Waals surface area contributed by atoms with Crippen LogP contribution in [0.25, 0.3) is 0 Å². The first-order valence-electron chi connectivity index (χ1n) is 8.39. The van der Waals surface area contributed by atoms with Crippen LogP contribution < -0.4 is 10.0 Å². The smallest absolute Gasteiger partial charge is 0.416 e. The zero-order chi connectivity index (χ0) is 21.9. The first-order valence-corrected chi connectivity index (χ1v) is 9.54. The summed E-state index contributed by atoms with van der Waals surface area (Å²) in [5.74, 6) is 2.30. The van der Waals surface area contributed by atoms with E-state index in [1.807, 2.05) is 0 Å². The van der Waals surface area contributed by atoms with Crippen LogP contribution in [0, 0.1) is 12.3 Å². The molecule has 1 amide bonds. The highest BCUT2D eigenvalue weighted by molar-refractivity contribution is 7.90. The number of benzene rings is 1. The number of halogens is 3. The molecule has 2 atom stereocenters. The van der Waals surface area contributed by atoms with Crippen molar-refractivity contribution in [3.05, 3.63) is 29.3 Å². The van der Waals surface area contributed by atoms with E-state index in [0.717, 1.165) is 12.1 Å². The monoisotopic (exact) mass is 418 g/mol. The minimum atomic E-state index is -4.66. The molecule has 0 aliphatic rings. The summed E-state index contributed by atoms with van der Waals surface area (Å²) in [5, 5.41) is 2.28. The van der Waals surface area contributed by atoms with Gasteiger partial charge in [-0.25, -0.2) is 4.79 Å². The lowest BCUT2D eigenvalue weighted by molar-refractivity contribution is -0.137. The molecule has 0 aliphatic carbocycles. The average Bonchev–Trinajstić information content (AvgIpc) is 2.48. The topological polar surface area (TPSA) is 73.4 Å². The Morgan fingerprint density at radius 3 is 2.18 bits per heavy atom. The number of anilines is 1. The molecule has 9 heteroatoms. The largest absolute Gasteiger partial charge is 0.598 e. The van der Waals surface area contributed by atoms with Gasteiger partial charge in [-0.2, -0.15) is 13.2 Å². The van der Waals surface area contributed by atoms with Gasteiger partial charge >= 0.3 is 12.3 Å². The fraction of sp³-hybridized carbons (Fsp3) is 0.526. The lowest BCUT2D eigenvalue weighted by Crippen LogP contribution is -2.41. The van der Waals surface area contributed by atoms with E-state index in [1.165, 1.54) is 6.07 Å². The standard InChI is InChI=1S/C19H25F3N2O3S/c1-8-15(24-28(26)18(5,6)7)12-9-13(19(20,21)22)11-14(10-12)23-16(25)27-17(2,3)4/h1,9-11,15,24H,2-7H3,(H,23,25)/t15-,28+/m1/s1. The molecule has 5 nitrogen and oxygen atoms in total. The number of rotatable bonds is 4. The van der Waals surface area contributed by atoms with Gasteiger partial charge in [-0.3, -0.25) is 5.32 Å². The van der Waals surface area contributed by atoms with Crippen molar-refractivity contribution < 1.29 is 27.3 Å². The van der Waals surface area contributed by atoms with E-state index < -0.39 is 45.6 Å². The summed E-state index contributed by atoms with van der Waals surface area (Å²) in [5.41, 5.74) is -1.91.